The number of hydrogen-bond acceptors (Lipinski definition) is 4. The first-order valence-electron chi connectivity index (χ1n) is 5.93. The molecule has 0 bridgehead atoms. The number of rotatable bonds is 3. The highest BCUT2D eigenvalue weighted by atomic mass is 32.2. The minimum Gasteiger partial charge on any atom is -0.503 e. The van der Waals surface area contributed by atoms with Crippen LogP contribution in [-0.2, 0) is 15.7 Å². The van der Waals surface area contributed by atoms with Crippen molar-refractivity contribution in [3.05, 3.63) is 51.6 Å². The molecule has 0 amide bonds. The number of carbonyl (C=O) groups excluding carboxylic acids is 1. The molecule has 0 aliphatic carbocycles. The predicted molar refractivity (Wildman–Crippen MR) is 75.1 cm³/mol. The number of nitrogens with one attached hydrogen (secondary N) is 1. The Morgan fingerprint density at radius 2 is 2.05 bits per heavy atom. The zero-order valence-electron chi connectivity index (χ0n) is 11.2. The second kappa shape index (κ2) is 5.85. The minimum atomic E-state index is -4.45. The standard InChI is InChI=1S/C14H12F3NO2S/c1-18-13-11(12(19)10(21-13)7-20-2)8-4-3-5-9(6-8)14(15,16)17/h3-7,18H,1-2H3/b10-7+. The Morgan fingerprint density at radius 1 is 1.33 bits per heavy atom. The van der Waals surface area contributed by atoms with E-state index in [0.29, 0.717) is 9.93 Å². The Kier molecular flexibility index (Phi) is 4.32. The summed E-state index contributed by atoms with van der Waals surface area (Å²) in [5, 5.41) is 3.34. The molecular weight excluding hydrogens is 303 g/mol. The van der Waals surface area contributed by atoms with Crippen LogP contribution in [0, 0.1) is 0 Å². The first kappa shape index (κ1) is 15.5. The predicted octanol–water partition coefficient (Wildman–Crippen LogP) is 3.40. The SMILES string of the molecule is CNC1=C(c2cccc(C(F)(F)F)c2)C(=O)/C(=C\OC)S1. The maximum Gasteiger partial charge on any atom is 0.416 e. The second-order valence-electron chi connectivity index (χ2n) is 4.18. The van der Waals surface area contributed by atoms with E-state index in [-0.39, 0.29) is 16.9 Å². The quantitative estimate of drug-likeness (QED) is 0.685. The van der Waals surface area contributed by atoms with Crippen LogP contribution in [0.1, 0.15) is 11.1 Å². The number of ether oxygens (including phenoxy) is 1. The van der Waals surface area contributed by atoms with Crippen molar-refractivity contribution in [2.75, 3.05) is 14.2 Å². The third-order valence-corrected chi connectivity index (χ3v) is 3.93. The molecule has 0 aromatic heterocycles. The maximum absolute atomic E-state index is 12.8. The van der Waals surface area contributed by atoms with Crippen molar-refractivity contribution in [3.63, 3.8) is 0 Å². The van der Waals surface area contributed by atoms with E-state index in [1.165, 1.54) is 25.5 Å². The lowest BCUT2D eigenvalue weighted by Gasteiger charge is -2.09. The van der Waals surface area contributed by atoms with E-state index < -0.39 is 11.7 Å². The van der Waals surface area contributed by atoms with Crippen LogP contribution in [0.4, 0.5) is 13.2 Å². The van der Waals surface area contributed by atoms with Crippen LogP contribution in [0.3, 0.4) is 0 Å². The van der Waals surface area contributed by atoms with Gasteiger partial charge in [-0.3, -0.25) is 4.79 Å². The van der Waals surface area contributed by atoms with Gasteiger partial charge in [0.2, 0.25) is 5.78 Å². The lowest BCUT2D eigenvalue weighted by atomic mass is 10.00. The fraction of sp³-hybridized carbons (Fsp3) is 0.214. The molecule has 3 nitrogen and oxygen atoms in total. The number of alkyl halides is 3. The van der Waals surface area contributed by atoms with E-state index in [4.69, 9.17) is 4.74 Å². The third-order valence-electron chi connectivity index (χ3n) is 2.82. The monoisotopic (exact) mass is 315 g/mol. The molecule has 1 aliphatic rings. The zero-order chi connectivity index (χ0) is 15.6. The topological polar surface area (TPSA) is 38.3 Å². The first-order chi connectivity index (χ1) is 9.88. The van der Waals surface area contributed by atoms with Crippen molar-refractivity contribution in [2.45, 2.75) is 6.18 Å². The van der Waals surface area contributed by atoms with E-state index >= 15 is 0 Å². The van der Waals surface area contributed by atoms with Crippen LogP contribution in [0.25, 0.3) is 5.57 Å². The van der Waals surface area contributed by atoms with Gasteiger partial charge in [-0.25, -0.2) is 0 Å². The van der Waals surface area contributed by atoms with Crippen molar-refractivity contribution in [2.24, 2.45) is 0 Å². The van der Waals surface area contributed by atoms with Crippen LogP contribution >= 0.6 is 11.8 Å². The summed E-state index contributed by atoms with van der Waals surface area (Å²) in [5.74, 6) is -0.356. The number of methoxy groups -OCH3 is 1. The van der Waals surface area contributed by atoms with Crippen molar-refractivity contribution in [1.29, 1.82) is 0 Å². The Bertz CT molecular complexity index is 635. The van der Waals surface area contributed by atoms with E-state index in [9.17, 15) is 18.0 Å². The van der Waals surface area contributed by atoms with Crippen LogP contribution in [0.2, 0.25) is 0 Å². The van der Waals surface area contributed by atoms with Gasteiger partial charge in [0.15, 0.2) is 0 Å². The molecule has 1 N–H and O–H groups in total. The molecule has 7 heteroatoms. The van der Waals surface area contributed by atoms with E-state index in [1.54, 1.807) is 7.05 Å². The van der Waals surface area contributed by atoms with Crippen molar-refractivity contribution in [3.8, 4) is 0 Å². The molecule has 0 saturated heterocycles. The molecule has 1 aromatic carbocycles. The van der Waals surface area contributed by atoms with Gasteiger partial charge >= 0.3 is 6.18 Å². The average molecular weight is 315 g/mol. The molecule has 0 saturated carbocycles. The van der Waals surface area contributed by atoms with Crippen molar-refractivity contribution < 1.29 is 22.7 Å². The molecule has 1 heterocycles. The Balaban J connectivity index is 2.50. The van der Waals surface area contributed by atoms with Crippen LogP contribution in [0.5, 0.6) is 0 Å². The molecule has 1 aromatic rings. The van der Waals surface area contributed by atoms with Gasteiger partial charge in [-0.2, -0.15) is 13.2 Å². The molecular formula is C14H12F3NO2S. The fourth-order valence-corrected chi connectivity index (χ4v) is 2.88. The van der Waals surface area contributed by atoms with E-state index in [1.807, 2.05) is 0 Å². The normalized spacial score (nSPS) is 17.6. The molecule has 0 fully saturated rings. The minimum absolute atomic E-state index is 0.219. The molecule has 0 atom stereocenters. The van der Waals surface area contributed by atoms with Gasteiger partial charge in [0.1, 0.15) is 6.26 Å². The van der Waals surface area contributed by atoms with E-state index in [0.717, 1.165) is 23.9 Å². The summed E-state index contributed by atoms with van der Waals surface area (Å²) in [6.45, 7) is 0. The lowest BCUT2D eigenvalue weighted by Crippen LogP contribution is -2.08. The maximum atomic E-state index is 12.8. The Morgan fingerprint density at radius 3 is 2.62 bits per heavy atom. The zero-order valence-corrected chi connectivity index (χ0v) is 12.1. The average Bonchev–Trinajstić information content (AvgIpc) is 2.75. The van der Waals surface area contributed by atoms with Crippen LogP contribution in [0.15, 0.2) is 40.5 Å². The smallest absolute Gasteiger partial charge is 0.416 e. The van der Waals surface area contributed by atoms with Gasteiger partial charge in [0.25, 0.3) is 0 Å². The highest BCUT2D eigenvalue weighted by Gasteiger charge is 2.34. The number of allylic oxidation sites excluding steroid dienone is 2. The highest BCUT2D eigenvalue weighted by Crippen LogP contribution is 2.42. The summed E-state index contributed by atoms with van der Waals surface area (Å²) < 4.78 is 43.1. The molecule has 21 heavy (non-hydrogen) atoms. The summed E-state index contributed by atoms with van der Waals surface area (Å²) >= 11 is 1.13. The molecule has 1 aliphatic heterocycles. The third kappa shape index (κ3) is 3.07. The van der Waals surface area contributed by atoms with Gasteiger partial charge in [0.05, 0.1) is 28.2 Å². The molecule has 0 spiro atoms. The number of halogens is 3. The summed E-state index contributed by atoms with van der Waals surface area (Å²) in [6, 6.07) is 4.72. The summed E-state index contributed by atoms with van der Waals surface area (Å²) in [4.78, 5) is 12.6. The van der Waals surface area contributed by atoms with Gasteiger partial charge in [-0.15, -0.1) is 0 Å². The highest BCUT2D eigenvalue weighted by molar-refractivity contribution is 8.08. The molecule has 0 radical (unpaired) electrons. The van der Waals surface area contributed by atoms with Gasteiger partial charge in [-0.1, -0.05) is 23.9 Å². The van der Waals surface area contributed by atoms with Crippen LogP contribution in [-0.4, -0.2) is 19.9 Å². The summed E-state index contributed by atoms with van der Waals surface area (Å²) in [5.41, 5.74) is -0.340. The molecule has 2 rings (SSSR count). The number of thioether (sulfide) groups is 1. The summed E-state index contributed by atoms with van der Waals surface area (Å²) in [7, 11) is 3.02. The van der Waals surface area contributed by atoms with Crippen molar-refractivity contribution in [1.82, 2.24) is 5.32 Å². The van der Waals surface area contributed by atoms with Gasteiger partial charge in [0, 0.05) is 7.05 Å². The number of benzene rings is 1. The van der Waals surface area contributed by atoms with Gasteiger partial charge in [-0.05, 0) is 17.7 Å². The van der Waals surface area contributed by atoms with Crippen LogP contribution < -0.4 is 5.32 Å². The fourth-order valence-electron chi connectivity index (χ4n) is 1.91. The lowest BCUT2D eigenvalue weighted by molar-refractivity contribution is -0.137. The molecule has 0 unspecified atom stereocenters. The summed E-state index contributed by atoms with van der Waals surface area (Å²) in [6.07, 6.45) is -3.17. The number of hydrogen-bond donors (Lipinski definition) is 1. The second-order valence-corrected chi connectivity index (χ2v) is 5.23. The number of ketones is 1. The first-order valence-corrected chi connectivity index (χ1v) is 6.75. The largest absolute Gasteiger partial charge is 0.503 e. The molecule has 112 valence electrons. The number of Topliss-reactive ketones (excluding diaryl/α,β-unsaturated/α-hetero) is 1. The van der Waals surface area contributed by atoms with Gasteiger partial charge < -0.3 is 10.1 Å². The number of carbonyl (C=O) groups is 1. The Hall–Kier alpha value is -1.89. The van der Waals surface area contributed by atoms with E-state index in [2.05, 4.69) is 5.32 Å². The Labute approximate surface area is 123 Å². The van der Waals surface area contributed by atoms with Crippen molar-refractivity contribution >= 4 is 23.1 Å².